The number of thiophene rings is 2. The van der Waals surface area contributed by atoms with Crippen LogP contribution in [0.2, 0.25) is 0 Å². The number of nitrogens with one attached hydrogen (secondary N) is 1. The van der Waals surface area contributed by atoms with Crippen molar-refractivity contribution in [1.82, 2.24) is 0 Å². The van der Waals surface area contributed by atoms with Gasteiger partial charge in [0, 0.05) is 9.40 Å². The number of hydrogen-bond donors (Lipinski definition) is 1. The molecular weight excluding hydrogens is 295 g/mol. The summed E-state index contributed by atoms with van der Waals surface area (Å²) in [5.41, 5.74) is 0.0356. The molecule has 0 aliphatic carbocycles. The van der Waals surface area contributed by atoms with Crippen LogP contribution in [0.5, 0.6) is 0 Å². The van der Waals surface area contributed by atoms with Crippen LogP contribution >= 0.6 is 22.7 Å². The van der Waals surface area contributed by atoms with E-state index in [0.29, 0.717) is 4.88 Å². The maximum absolute atomic E-state index is 13.5. The molecule has 3 rings (SSSR count). The fraction of sp³-hybridized carbons (Fsp3) is 0. The van der Waals surface area contributed by atoms with Gasteiger partial charge in [-0.05, 0) is 29.6 Å². The average Bonchev–Trinajstić information content (AvgIpc) is 2.99. The third kappa shape index (κ3) is 2.18. The van der Waals surface area contributed by atoms with E-state index in [4.69, 9.17) is 5.26 Å². The molecule has 3 aromatic rings. The van der Waals surface area contributed by atoms with Crippen molar-refractivity contribution in [1.29, 1.82) is 5.26 Å². The standard InChI is InChI=1S/C14H7FN2OS2/c15-9-2-1-3-10(8(9)7-16)17-14(18)13-6-12-11(20-13)4-5-19-12/h1-6H,(H,17,18). The number of hydrogen-bond acceptors (Lipinski definition) is 4. The fourth-order valence-electron chi connectivity index (χ4n) is 1.80. The smallest absolute Gasteiger partial charge is 0.265 e. The quantitative estimate of drug-likeness (QED) is 0.770. The van der Waals surface area contributed by atoms with E-state index < -0.39 is 5.82 Å². The topological polar surface area (TPSA) is 52.9 Å². The van der Waals surface area contributed by atoms with E-state index in [1.54, 1.807) is 23.5 Å². The molecule has 0 saturated heterocycles. The molecule has 1 aromatic carbocycles. The number of benzene rings is 1. The predicted octanol–water partition coefficient (Wildman–Crippen LogP) is 4.23. The number of halogens is 1. The minimum atomic E-state index is -0.641. The van der Waals surface area contributed by atoms with Gasteiger partial charge in [-0.25, -0.2) is 4.39 Å². The van der Waals surface area contributed by atoms with Crippen LogP contribution in [0, 0.1) is 17.1 Å². The van der Waals surface area contributed by atoms with Gasteiger partial charge in [0.05, 0.1) is 10.6 Å². The van der Waals surface area contributed by atoms with Gasteiger partial charge in [0.2, 0.25) is 0 Å². The van der Waals surface area contributed by atoms with Crippen molar-refractivity contribution in [2.75, 3.05) is 5.32 Å². The van der Waals surface area contributed by atoms with Crippen LogP contribution in [0.1, 0.15) is 15.2 Å². The Morgan fingerprint density at radius 3 is 2.90 bits per heavy atom. The number of carbonyl (C=O) groups excluding carboxylic acids is 1. The zero-order valence-electron chi connectivity index (χ0n) is 10.0. The van der Waals surface area contributed by atoms with Crippen LogP contribution in [0.15, 0.2) is 35.7 Å². The Morgan fingerprint density at radius 2 is 2.15 bits per heavy atom. The number of rotatable bonds is 2. The lowest BCUT2D eigenvalue weighted by molar-refractivity contribution is 0.103. The number of carbonyl (C=O) groups is 1. The van der Waals surface area contributed by atoms with Crippen molar-refractivity contribution in [3.8, 4) is 6.07 Å². The second-order valence-corrected chi connectivity index (χ2v) is 6.02. The Bertz CT molecular complexity index is 816. The normalized spacial score (nSPS) is 10.4. The summed E-state index contributed by atoms with van der Waals surface area (Å²) in [7, 11) is 0. The van der Waals surface area contributed by atoms with Gasteiger partial charge in [0.1, 0.15) is 17.4 Å². The van der Waals surface area contributed by atoms with Crippen LogP contribution in [-0.4, -0.2) is 5.91 Å². The molecule has 0 atom stereocenters. The van der Waals surface area contributed by atoms with Crippen molar-refractivity contribution in [3.05, 3.63) is 52.0 Å². The summed E-state index contributed by atoms with van der Waals surface area (Å²) >= 11 is 2.93. The van der Waals surface area contributed by atoms with Crippen LogP contribution in [0.4, 0.5) is 10.1 Å². The average molecular weight is 302 g/mol. The second-order valence-electron chi connectivity index (χ2n) is 3.99. The van der Waals surface area contributed by atoms with E-state index in [-0.39, 0.29) is 17.2 Å². The lowest BCUT2D eigenvalue weighted by atomic mass is 10.2. The maximum Gasteiger partial charge on any atom is 0.265 e. The van der Waals surface area contributed by atoms with Crippen LogP contribution in [-0.2, 0) is 0 Å². The highest BCUT2D eigenvalue weighted by Crippen LogP contribution is 2.30. The van der Waals surface area contributed by atoms with Crippen LogP contribution in [0.3, 0.4) is 0 Å². The highest BCUT2D eigenvalue weighted by molar-refractivity contribution is 7.27. The summed E-state index contributed by atoms with van der Waals surface area (Å²) in [6, 6.07) is 9.66. The largest absolute Gasteiger partial charge is 0.320 e. The van der Waals surface area contributed by atoms with E-state index in [9.17, 15) is 9.18 Å². The van der Waals surface area contributed by atoms with E-state index in [0.717, 1.165) is 9.40 Å². The highest BCUT2D eigenvalue weighted by atomic mass is 32.1. The molecule has 1 N–H and O–H groups in total. The van der Waals surface area contributed by atoms with Crippen molar-refractivity contribution < 1.29 is 9.18 Å². The molecule has 1 amide bonds. The Morgan fingerprint density at radius 1 is 1.30 bits per heavy atom. The molecular formula is C14H7FN2OS2. The van der Waals surface area contributed by atoms with Gasteiger partial charge in [-0.2, -0.15) is 5.26 Å². The van der Waals surface area contributed by atoms with Gasteiger partial charge in [-0.1, -0.05) is 6.07 Å². The van der Waals surface area contributed by atoms with E-state index >= 15 is 0 Å². The SMILES string of the molecule is N#Cc1c(F)cccc1NC(=O)c1cc2sccc2s1. The summed E-state index contributed by atoms with van der Waals surface area (Å²) < 4.78 is 15.5. The highest BCUT2D eigenvalue weighted by Gasteiger charge is 2.14. The molecule has 6 heteroatoms. The Labute approximate surface area is 121 Å². The van der Waals surface area contributed by atoms with Crippen molar-refractivity contribution in [3.63, 3.8) is 0 Å². The molecule has 0 radical (unpaired) electrons. The van der Waals surface area contributed by atoms with Crippen molar-refractivity contribution >= 4 is 43.7 Å². The first kappa shape index (κ1) is 12.8. The molecule has 0 saturated carbocycles. The molecule has 2 aromatic heterocycles. The third-order valence-corrected chi connectivity index (χ3v) is 4.83. The second kappa shape index (κ2) is 5.04. The summed E-state index contributed by atoms with van der Waals surface area (Å²) in [6.45, 7) is 0. The van der Waals surface area contributed by atoms with Crippen molar-refractivity contribution in [2.24, 2.45) is 0 Å². The molecule has 0 unspecified atom stereocenters. The number of fused-ring (bicyclic) bond motifs is 1. The Balaban J connectivity index is 1.92. The zero-order chi connectivity index (χ0) is 14.1. The molecule has 3 nitrogen and oxygen atoms in total. The minimum absolute atomic E-state index is 0.154. The third-order valence-electron chi connectivity index (χ3n) is 2.74. The van der Waals surface area contributed by atoms with Gasteiger partial charge >= 0.3 is 0 Å². The predicted molar refractivity (Wildman–Crippen MR) is 78.8 cm³/mol. The first-order valence-electron chi connectivity index (χ1n) is 5.66. The molecule has 2 heterocycles. The van der Waals surface area contributed by atoms with Crippen LogP contribution in [0.25, 0.3) is 9.40 Å². The fourth-order valence-corrected chi connectivity index (χ4v) is 3.81. The van der Waals surface area contributed by atoms with Gasteiger partial charge in [-0.3, -0.25) is 4.79 Å². The maximum atomic E-state index is 13.5. The summed E-state index contributed by atoms with van der Waals surface area (Å²) in [6.07, 6.45) is 0. The zero-order valence-corrected chi connectivity index (χ0v) is 11.6. The molecule has 0 spiro atoms. The first-order valence-corrected chi connectivity index (χ1v) is 7.35. The Kier molecular flexibility index (Phi) is 3.22. The molecule has 0 aliphatic rings. The molecule has 0 bridgehead atoms. The molecule has 0 aliphatic heterocycles. The number of nitriles is 1. The van der Waals surface area contributed by atoms with Crippen LogP contribution < -0.4 is 5.32 Å². The van der Waals surface area contributed by atoms with Gasteiger partial charge < -0.3 is 5.32 Å². The lowest BCUT2D eigenvalue weighted by Crippen LogP contribution is -2.11. The first-order chi connectivity index (χ1) is 9.69. The summed E-state index contributed by atoms with van der Waals surface area (Å²) in [5, 5.41) is 13.5. The minimum Gasteiger partial charge on any atom is -0.320 e. The van der Waals surface area contributed by atoms with Gasteiger partial charge in [0.25, 0.3) is 5.91 Å². The monoisotopic (exact) mass is 302 g/mol. The molecule has 20 heavy (non-hydrogen) atoms. The van der Waals surface area contributed by atoms with E-state index in [1.165, 1.54) is 29.5 Å². The summed E-state index contributed by atoms with van der Waals surface area (Å²) in [5.74, 6) is -0.974. The van der Waals surface area contributed by atoms with Crippen molar-refractivity contribution in [2.45, 2.75) is 0 Å². The summed E-state index contributed by atoms with van der Waals surface area (Å²) in [4.78, 5) is 12.7. The molecule has 98 valence electrons. The number of nitrogens with zero attached hydrogens (tertiary/aromatic N) is 1. The lowest BCUT2D eigenvalue weighted by Gasteiger charge is -2.05. The number of amides is 1. The van der Waals surface area contributed by atoms with E-state index in [2.05, 4.69) is 5.32 Å². The number of anilines is 1. The van der Waals surface area contributed by atoms with E-state index in [1.807, 2.05) is 11.4 Å². The Hall–Kier alpha value is -2.23. The van der Waals surface area contributed by atoms with Gasteiger partial charge in [0.15, 0.2) is 0 Å². The molecule has 0 fully saturated rings. The van der Waals surface area contributed by atoms with Gasteiger partial charge in [-0.15, -0.1) is 22.7 Å².